The van der Waals surface area contributed by atoms with Crippen molar-refractivity contribution in [2.75, 3.05) is 0 Å². The fourth-order valence-electron chi connectivity index (χ4n) is 3.74. The van der Waals surface area contributed by atoms with Crippen LogP contribution >= 0.6 is 0 Å². The van der Waals surface area contributed by atoms with E-state index in [0.717, 1.165) is 6.42 Å². The molecule has 1 aromatic heterocycles. The third-order valence-corrected chi connectivity index (χ3v) is 4.79. The molecule has 4 nitrogen and oxygen atoms in total. The number of hydrogen-bond acceptors (Lipinski definition) is 2. The Balaban J connectivity index is 1.66. The van der Waals surface area contributed by atoms with Gasteiger partial charge in [0.2, 0.25) is 12.0 Å². The van der Waals surface area contributed by atoms with Gasteiger partial charge in [-0.05, 0) is 23.3 Å². The van der Waals surface area contributed by atoms with Gasteiger partial charge in [-0.25, -0.2) is 13.3 Å². The molecule has 2 atom stereocenters. The molecule has 0 spiro atoms. The summed E-state index contributed by atoms with van der Waals surface area (Å²) in [6, 6.07) is 12.0. The Labute approximate surface area is 136 Å². The van der Waals surface area contributed by atoms with Crippen molar-refractivity contribution in [1.82, 2.24) is 9.78 Å². The van der Waals surface area contributed by atoms with Crippen molar-refractivity contribution < 1.29 is 18.1 Å². The Kier molecular flexibility index (Phi) is 2.84. The van der Waals surface area contributed by atoms with Crippen molar-refractivity contribution in [1.29, 1.82) is 0 Å². The SMILES string of the molecule is Fc1cccc(F)c1-n1c[n+]2c(n1)CO[C@@H]1Cc3ccccc3[C@@H]12. The highest BCUT2D eigenvalue weighted by atomic mass is 19.1. The van der Waals surface area contributed by atoms with Crippen LogP contribution in [-0.2, 0) is 17.8 Å². The molecule has 0 bridgehead atoms. The number of hydrogen-bond donors (Lipinski definition) is 0. The molecule has 0 N–H and O–H groups in total. The average Bonchev–Trinajstić information content (AvgIpc) is 3.14. The number of rotatable bonds is 1. The highest BCUT2D eigenvalue weighted by molar-refractivity contribution is 5.36. The summed E-state index contributed by atoms with van der Waals surface area (Å²) < 4.78 is 37.3. The van der Waals surface area contributed by atoms with E-state index in [9.17, 15) is 8.78 Å². The van der Waals surface area contributed by atoms with Gasteiger partial charge in [-0.2, -0.15) is 0 Å². The molecule has 0 saturated carbocycles. The average molecular weight is 326 g/mol. The largest absolute Gasteiger partial charge is 0.363 e. The zero-order valence-electron chi connectivity index (χ0n) is 12.7. The number of aromatic nitrogens is 3. The van der Waals surface area contributed by atoms with Crippen LogP contribution in [0.15, 0.2) is 48.8 Å². The van der Waals surface area contributed by atoms with E-state index in [2.05, 4.69) is 17.2 Å². The van der Waals surface area contributed by atoms with Gasteiger partial charge in [0.15, 0.2) is 11.6 Å². The Bertz CT molecular complexity index is 933. The van der Waals surface area contributed by atoms with Crippen LogP contribution in [0.4, 0.5) is 8.78 Å². The first-order valence-electron chi connectivity index (χ1n) is 7.86. The second-order valence-electron chi connectivity index (χ2n) is 6.15. The third-order valence-electron chi connectivity index (χ3n) is 4.79. The fraction of sp³-hybridized carbons (Fsp3) is 0.222. The van der Waals surface area contributed by atoms with Crippen LogP contribution in [-0.4, -0.2) is 15.9 Å². The molecule has 2 aromatic carbocycles. The molecular weight excluding hydrogens is 312 g/mol. The summed E-state index contributed by atoms with van der Waals surface area (Å²) in [5.74, 6) is -0.616. The molecule has 3 aromatic rings. The number of para-hydroxylation sites is 1. The van der Waals surface area contributed by atoms with Gasteiger partial charge in [-0.1, -0.05) is 35.0 Å². The van der Waals surface area contributed by atoms with E-state index in [4.69, 9.17) is 4.74 Å². The number of fused-ring (bicyclic) bond motifs is 5. The van der Waals surface area contributed by atoms with E-state index < -0.39 is 11.6 Å². The lowest BCUT2D eigenvalue weighted by atomic mass is 10.1. The summed E-state index contributed by atoms with van der Waals surface area (Å²) >= 11 is 0. The molecule has 1 aliphatic heterocycles. The number of benzene rings is 2. The summed E-state index contributed by atoms with van der Waals surface area (Å²) in [6.07, 6.45) is 2.54. The molecule has 120 valence electrons. The summed E-state index contributed by atoms with van der Waals surface area (Å²) in [6.45, 7) is 0.332. The Morgan fingerprint density at radius 2 is 1.88 bits per heavy atom. The minimum atomic E-state index is -0.639. The molecule has 2 heterocycles. The summed E-state index contributed by atoms with van der Waals surface area (Å²) in [5, 5.41) is 4.35. The first-order chi connectivity index (χ1) is 11.7. The smallest absolute Gasteiger partial charge is 0.304 e. The molecule has 24 heavy (non-hydrogen) atoms. The fourth-order valence-corrected chi connectivity index (χ4v) is 3.74. The lowest BCUT2D eigenvalue weighted by Gasteiger charge is -2.23. The second-order valence-corrected chi connectivity index (χ2v) is 6.15. The molecule has 0 amide bonds. The molecule has 0 fully saturated rings. The van der Waals surface area contributed by atoms with Crippen molar-refractivity contribution in [3.63, 3.8) is 0 Å². The molecule has 0 unspecified atom stereocenters. The highest BCUT2D eigenvalue weighted by Crippen LogP contribution is 2.35. The number of nitrogens with zero attached hydrogens (tertiary/aromatic N) is 3. The van der Waals surface area contributed by atoms with Gasteiger partial charge in [0.05, 0.1) is 0 Å². The molecule has 0 radical (unpaired) electrons. The molecular formula is C18H14F2N3O+. The Morgan fingerprint density at radius 3 is 2.71 bits per heavy atom. The topological polar surface area (TPSA) is 30.9 Å². The first-order valence-corrected chi connectivity index (χ1v) is 7.86. The predicted octanol–water partition coefficient (Wildman–Crippen LogP) is 2.48. The van der Waals surface area contributed by atoms with Crippen molar-refractivity contribution in [3.8, 4) is 5.69 Å². The van der Waals surface area contributed by atoms with E-state index in [1.165, 1.54) is 34.0 Å². The maximum absolute atomic E-state index is 14.1. The standard InChI is InChI=1S/C18H14F2N3O/c19-13-6-3-7-14(20)18(13)23-10-22-16(21-23)9-24-15-8-11-4-1-2-5-12(11)17(15)22/h1-7,10,15,17H,8-9H2/q+1/t15-,17+/m1/s1. The van der Waals surface area contributed by atoms with Gasteiger partial charge in [0, 0.05) is 11.5 Å². The van der Waals surface area contributed by atoms with E-state index in [1.54, 1.807) is 6.33 Å². The lowest BCUT2D eigenvalue weighted by Crippen LogP contribution is -2.51. The van der Waals surface area contributed by atoms with Crippen LogP contribution in [0, 0.1) is 11.6 Å². The van der Waals surface area contributed by atoms with Crippen LogP contribution in [0.25, 0.3) is 5.69 Å². The van der Waals surface area contributed by atoms with E-state index in [0.29, 0.717) is 12.4 Å². The molecule has 6 heteroatoms. The van der Waals surface area contributed by atoms with Crippen LogP contribution in [0.2, 0.25) is 0 Å². The highest BCUT2D eigenvalue weighted by Gasteiger charge is 2.43. The maximum Gasteiger partial charge on any atom is 0.304 e. The van der Waals surface area contributed by atoms with Crippen LogP contribution < -0.4 is 4.57 Å². The monoisotopic (exact) mass is 326 g/mol. The van der Waals surface area contributed by atoms with Crippen LogP contribution in [0.1, 0.15) is 23.0 Å². The zero-order valence-corrected chi connectivity index (χ0v) is 12.7. The summed E-state index contributed by atoms with van der Waals surface area (Å²) in [7, 11) is 0. The number of halogens is 2. The van der Waals surface area contributed by atoms with Gasteiger partial charge in [-0.15, -0.1) is 0 Å². The normalized spacial score (nSPS) is 21.2. The molecule has 2 aliphatic rings. The van der Waals surface area contributed by atoms with E-state index in [-0.39, 0.29) is 17.8 Å². The maximum atomic E-state index is 14.1. The van der Waals surface area contributed by atoms with Crippen molar-refractivity contribution >= 4 is 0 Å². The van der Waals surface area contributed by atoms with Crippen molar-refractivity contribution in [2.45, 2.75) is 25.2 Å². The zero-order chi connectivity index (χ0) is 16.3. The Hall–Kier alpha value is -2.60. The van der Waals surface area contributed by atoms with E-state index in [1.807, 2.05) is 16.7 Å². The van der Waals surface area contributed by atoms with Gasteiger partial charge in [0.1, 0.15) is 18.8 Å². The third kappa shape index (κ3) is 1.86. The van der Waals surface area contributed by atoms with Gasteiger partial charge < -0.3 is 4.74 Å². The lowest BCUT2D eigenvalue weighted by molar-refractivity contribution is -0.739. The summed E-state index contributed by atoms with van der Waals surface area (Å²) in [4.78, 5) is 0. The predicted molar refractivity (Wildman–Crippen MR) is 80.5 cm³/mol. The van der Waals surface area contributed by atoms with Crippen LogP contribution in [0.3, 0.4) is 0 Å². The minimum absolute atomic E-state index is 0.00599. The molecule has 5 rings (SSSR count). The Morgan fingerprint density at radius 1 is 1.08 bits per heavy atom. The van der Waals surface area contributed by atoms with Crippen molar-refractivity contribution in [2.24, 2.45) is 0 Å². The van der Waals surface area contributed by atoms with Gasteiger partial charge in [0.25, 0.3) is 0 Å². The second kappa shape index (κ2) is 4.95. The molecule has 1 aliphatic carbocycles. The summed E-state index contributed by atoms with van der Waals surface area (Å²) in [5.41, 5.74) is 2.27. The quantitative estimate of drug-likeness (QED) is 0.643. The van der Waals surface area contributed by atoms with Gasteiger partial charge >= 0.3 is 5.82 Å². The van der Waals surface area contributed by atoms with Crippen LogP contribution in [0.5, 0.6) is 0 Å². The number of ether oxygens (including phenoxy) is 1. The van der Waals surface area contributed by atoms with E-state index >= 15 is 0 Å². The molecule has 0 saturated heterocycles. The minimum Gasteiger partial charge on any atom is -0.363 e. The first kappa shape index (κ1) is 13.8. The van der Waals surface area contributed by atoms with Gasteiger partial charge in [-0.3, -0.25) is 0 Å². The van der Waals surface area contributed by atoms with Crippen molar-refractivity contribution in [3.05, 3.63) is 77.4 Å².